The van der Waals surface area contributed by atoms with Crippen LogP contribution in [0.4, 0.5) is 0 Å². The summed E-state index contributed by atoms with van der Waals surface area (Å²) in [5, 5.41) is 6.71. The molecule has 2 rings (SSSR count). The molecule has 2 fully saturated rings. The van der Waals surface area contributed by atoms with E-state index in [4.69, 9.17) is 14.5 Å². The fourth-order valence-electron chi connectivity index (χ4n) is 3.21. The molecule has 2 atom stereocenters. The number of nitrogens with zero attached hydrogens (tertiary/aromatic N) is 2. The zero-order valence-corrected chi connectivity index (χ0v) is 14.9. The van der Waals surface area contributed by atoms with Gasteiger partial charge in [0.25, 0.3) is 0 Å². The average Bonchev–Trinajstić information content (AvgIpc) is 3.03. The Bertz CT molecular complexity index is 351. The van der Waals surface area contributed by atoms with Gasteiger partial charge in [0.1, 0.15) is 0 Å². The minimum absolute atomic E-state index is 0.234. The Morgan fingerprint density at radius 1 is 1.30 bits per heavy atom. The van der Waals surface area contributed by atoms with Crippen LogP contribution in [0.2, 0.25) is 0 Å². The van der Waals surface area contributed by atoms with E-state index in [9.17, 15) is 0 Å². The number of morpholine rings is 1. The van der Waals surface area contributed by atoms with E-state index in [1.54, 1.807) is 0 Å². The second kappa shape index (κ2) is 10.8. The zero-order chi connectivity index (χ0) is 16.3. The number of rotatable bonds is 9. The summed E-state index contributed by atoms with van der Waals surface area (Å²) in [6.07, 6.45) is 5.03. The summed E-state index contributed by atoms with van der Waals surface area (Å²) in [5.41, 5.74) is 0. The van der Waals surface area contributed by atoms with Crippen molar-refractivity contribution in [2.75, 3.05) is 52.5 Å². The smallest absolute Gasteiger partial charge is 0.191 e. The molecule has 2 aliphatic heterocycles. The highest BCUT2D eigenvalue weighted by molar-refractivity contribution is 5.79. The lowest BCUT2D eigenvalue weighted by molar-refractivity contribution is -0.0432. The highest BCUT2D eigenvalue weighted by atomic mass is 16.5. The number of unbranched alkanes of at least 4 members (excludes halogenated alkanes) is 1. The normalized spacial score (nSPS) is 25.4. The lowest BCUT2D eigenvalue weighted by Crippen LogP contribution is -2.47. The van der Waals surface area contributed by atoms with Crippen molar-refractivity contribution in [2.45, 2.75) is 51.7 Å². The lowest BCUT2D eigenvalue weighted by Gasteiger charge is -2.34. The monoisotopic (exact) mass is 326 g/mol. The molecule has 0 spiro atoms. The van der Waals surface area contributed by atoms with E-state index in [0.29, 0.717) is 6.04 Å². The van der Waals surface area contributed by atoms with Crippen molar-refractivity contribution < 1.29 is 9.47 Å². The van der Waals surface area contributed by atoms with E-state index in [1.807, 2.05) is 6.92 Å². The van der Waals surface area contributed by atoms with Gasteiger partial charge >= 0.3 is 0 Å². The third-order valence-electron chi connectivity index (χ3n) is 4.47. The Kier molecular flexibility index (Phi) is 8.71. The van der Waals surface area contributed by atoms with Gasteiger partial charge in [-0.15, -0.1) is 0 Å². The van der Waals surface area contributed by atoms with E-state index >= 15 is 0 Å². The second-order valence-electron chi connectivity index (χ2n) is 6.30. The van der Waals surface area contributed by atoms with Crippen LogP contribution in [0.15, 0.2) is 4.99 Å². The van der Waals surface area contributed by atoms with Crippen LogP contribution in [-0.2, 0) is 9.47 Å². The van der Waals surface area contributed by atoms with E-state index in [1.165, 1.54) is 19.4 Å². The maximum Gasteiger partial charge on any atom is 0.191 e. The van der Waals surface area contributed by atoms with Crippen molar-refractivity contribution in [1.82, 2.24) is 15.5 Å². The first-order valence-corrected chi connectivity index (χ1v) is 9.29. The minimum atomic E-state index is 0.234. The molecule has 2 heterocycles. The largest absolute Gasteiger partial charge is 0.382 e. The number of aliphatic imine (C=N–C) groups is 1. The van der Waals surface area contributed by atoms with Gasteiger partial charge in [0.05, 0.1) is 19.3 Å². The van der Waals surface area contributed by atoms with Gasteiger partial charge < -0.3 is 20.1 Å². The Hall–Kier alpha value is -0.850. The zero-order valence-electron chi connectivity index (χ0n) is 14.9. The van der Waals surface area contributed by atoms with Crippen molar-refractivity contribution in [3.63, 3.8) is 0 Å². The van der Waals surface area contributed by atoms with Crippen LogP contribution in [0.25, 0.3) is 0 Å². The van der Waals surface area contributed by atoms with Crippen LogP contribution in [0.5, 0.6) is 0 Å². The molecule has 6 nitrogen and oxygen atoms in total. The van der Waals surface area contributed by atoms with Gasteiger partial charge in [0.15, 0.2) is 5.96 Å². The van der Waals surface area contributed by atoms with Gasteiger partial charge in [-0.25, -0.2) is 0 Å². The molecule has 23 heavy (non-hydrogen) atoms. The van der Waals surface area contributed by atoms with E-state index in [-0.39, 0.29) is 6.10 Å². The van der Waals surface area contributed by atoms with Gasteiger partial charge in [-0.05, 0) is 46.1 Å². The Morgan fingerprint density at radius 3 is 3.04 bits per heavy atom. The molecule has 2 N–H and O–H groups in total. The SMILES string of the molecule is CCNC(=NCC1CN2CCCC2CO1)NCCCCOCC. The van der Waals surface area contributed by atoms with Gasteiger partial charge in [-0.1, -0.05) is 0 Å². The van der Waals surface area contributed by atoms with Crippen molar-refractivity contribution in [3.8, 4) is 0 Å². The second-order valence-corrected chi connectivity index (χ2v) is 6.30. The molecule has 2 unspecified atom stereocenters. The topological polar surface area (TPSA) is 58.1 Å². The fraction of sp³-hybridized carbons (Fsp3) is 0.941. The molecule has 2 saturated heterocycles. The van der Waals surface area contributed by atoms with Crippen LogP contribution in [-0.4, -0.2) is 75.5 Å². The molecule has 0 aromatic heterocycles. The maximum absolute atomic E-state index is 5.97. The third-order valence-corrected chi connectivity index (χ3v) is 4.47. The van der Waals surface area contributed by atoms with Gasteiger partial charge in [0, 0.05) is 38.9 Å². The first-order chi connectivity index (χ1) is 11.3. The minimum Gasteiger partial charge on any atom is -0.382 e. The van der Waals surface area contributed by atoms with Crippen molar-refractivity contribution in [2.24, 2.45) is 4.99 Å². The molecule has 0 aromatic rings. The van der Waals surface area contributed by atoms with Crippen molar-refractivity contribution in [1.29, 1.82) is 0 Å². The van der Waals surface area contributed by atoms with Crippen LogP contribution in [0, 0.1) is 0 Å². The van der Waals surface area contributed by atoms with E-state index in [2.05, 4.69) is 22.5 Å². The van der Waals surface area contributed by atoms with Crippen LogP contribution in [0.3, 0.4) is 0 Å². The molecule has 0 aromatic carbocycles. The van der Waals surface area contributed by atoms with Crippen molar-refractivity contribution in [3.05, 3.63) is 0 Å². The standard InChI is InChI=1S/C17H34N4O2/c1-3-18-17(19-9-5-6-11-22-4-2)20-12-16-13-21-10-7-8-15(21)14-23-16/h15-16H,3-14H2,1-2H3,(H2,18,19,20). The number of ether oxygens (including phenoxy) is 2. The molecule has 2 aliphatic rings. The summed E-state index contributed by atoms with van der Waals surface area (Å²) >= 11 is 0. The molecule has 0 amide bonds. The number of hydrogen-bond donors (Lipinski definition) is 2. The van der Waals surface area contributed by atoms with Crippen LogP contribution >= 0.6 is 0 Å². The summed E-state index contributed by atoms with van der Waals surface area (Å²) in [7, 11) is 0. The van der Waals surface area contributed by atoms with Crippen molar-refractivity contribution >= 4 is 5.96 Å². The molecule has 0 radical (unpaired) electrons. The Balaban J connectivity index is 1.66. The maximum atomic E-state index is 5.97. The third kappa shape index (κ3) is 6.65. The summed E-state index contributed by atoms with van der Waals surface area (Å²) < 4.78 is 11.3. The van der Waals surface area contributed by atoms with Crippen LogP contribution < -0.4 is 10.6 Å². The summed E-state index contributed by atoms with van der Waals surface area (Å²) in [6.45, 7) is 11.5. The molecule has 0 bridgehead atoms. The van der Waals surface area contributed by atoms with E-state index < -0.39 is 0 Å². The highest BCUT2D eigenvalue weighted by Crippen LogP contribution is 2.22. The summed E-state index contributed by atoms with van der Waals surface area (Å²) in [6, 6.07) is 0.659. The first-order valence-electron chi connectivity index (χ1n) is 9.29. The Morgan fingerprint density at radius 2 is 2.22 bits per heavy atom. The van der Waals surface area contributed by atoms with Crippen LogP contribution in [0.1, 0.15) is 39.5 Å². The molecule has 6 heteroatoms. The predicted molar refractivity (Wildman–Crippen MR) is 94.0 cm³/mol. The highest BCUT2D eigenvalue weighted by Gasteiger charge is 2.31. The number of hydrogen-bond acceptors (Lipinski definition) is 4. The fourth-order valence-corrected chi connectivity index (χ4v) is 3.21. The lowest BCUT2D eigenvalue weighted by atomic mass is 10.2. The average molecular weight is 326 g/mol. The Labute approximate surface area is 141 Å². The first kappa shape index (κ1) is 18.5. The van der Waals surface area contributed by atoms with Gasteiger partial charge in [-0.3, -0.25) is 9.89 Å². The quantitative estimate of drug-likeness (QED) is 0.379. The van der Waals surface area contributed by atoms with Gasteiger partial charge in [0.2, 0.25) is 0 Å². The number of guanidine groups is 1. The molecule has 134 valence electrons. The summed E-state index contributed by atoms with van der Waals surface area (Å²) in [4.78, 5) is 7.26. The predicted octanol–water partition coefficient (Wildman–Crippen LogP) is 1.22. The van der Waals surface area contributed by atoms with E-state index in [0.717, 1.165) is 64.8 Å². The number of nitrogens with one attached hydrogen (secondary N) is 2. The molecular formula is C17H34N4O2. The van der Waals surface area contributed by atoms with Gasteiger partial charge in [-0.2, -0.15) is 0 Å². The summed E-state index contributed by atoms with van der Waals surface area (Å²) in [5.74, 6) is 0.899. The molecule has 0 saturated carbocycles. The number of fused-ring (bicyclic) bond motifs is 1. The molecular weight excluding hydrogens is 292 g/mol. The molecule has 0 aliphatic carbocycles.